The highest BCUT2D eigenvalue weighted by molar-refractivity contribution is 5.95. The molecule has 1 heterocycles. The average molecular weight is 245 g/mol. The Bertz CT molecular complexity index is 581. The van der Waals surface area contributed by atoms with Crippen LogP contribution in [-0.4, -0.2) is 37.1 Å². The fourth-order valence-corrected chi connectivity index (χ4v) is 1.39. The molecule has 0 aliphatic rings. The number of nitrogens with zero attached hydrogens (tertiary/aromatic N) is 3. The highest BCUT2D eigenvalue weighted by Crippen LogP contribution is 2.18. The van der Waals surface area contributed by atoms with Crippen LogP contribution in [0.3, 0.4) is 0 Å². The lowest BCUT2D eigenvalue weighted by Crippen LogP contribution is -2.03. The Kier molecular flexibility index (Phi) is 2.96. The first kappa shape index (κ1) is 11.6. The van der Waals surface area contributed by atoms with Crippen molar-refractivity contribution in [1.29, 1.82) is 0 Å². The molecule has 2 N–H and O–H groups in total. The van der Waals surface area contributed by atoms with Gasteiger partial charge in [-0.2, -0.15) is 0 Å². The molecule has 18 heavy (non-hydrogen) atoms. The summed E-state index contributed by atoms with van der Waals surface area (Å²) in [5.74, 6) is -2.21. The number of aromatic carboxylic acids is 2. The van der Waals surface area contributed by atoms with Gasteiger partial charge < -0.3 is 10.2 Å². The van der Waals surface area contributed by atoms with E-state index in [1.165, 1.54) is 24.8 Å². The molecule has 1 aromatic heterocycles. The lowest BCUT2D eigenvalue weighted by molar-refractivity contribution is 0.0696. The van der Waals surface area contributed by atoms with E-state index in [2.05, 4.69) is 15.0 Å². The minimum atomic E-state index is -1.21. The second kappa shape index (κ2) is 4.58. The fourth-order valence-electron chi connectivity index (χ4n) is 1.39. The lowest BCUT2D eigenvalue weighted by Gasteiger charge is -2.03. The number of benzene rings is 1. The Morgan fingerprint density at radius 1 is 0.889 bits per heavy atom. The van der Waals surface area contributed by atoms with E-state index < -0.39 is 11.9 Å². The monoisotopic (exact) mass is 245 g/mol. The third kappa shape index (κ3) is 2.29. The summed E-state index contributed by atoms with van der Waals surface area (Å²) in [6.45, 7) is 0. The van der Waals surface area contributed by atoms with Crippen LogP contribution < -0.4 is 0 Å². The van der Waals surface area contributed by atoms with Gasteiger partial charge in [-0.25, -0.2) is 24.5 Å². The third-order valence-corrected chi connectivity index (χ3v) is 2.18. The summed E-state index contributed by atoms with van der Waals surface area (Å²) in [5, 5.41) is 17.8. The number of carbonyl (C=O) groups is 2. The van der Waals surface area contributed by atoms with Crippen molar-refractivity contribution < 1.29 is 19.8 Å². The topological polar surface area (TPSA) is 113 Å². The minimum absolute atomic E-state index is 0.134. The van der Waals surface area contributed by atoms with Gasteiger partial charge in [-0.3, -0.25) is 0 Å². The van der Waals surface area contributed by atoms with Crippen molar-refractivity contribution in [2.75, 3.05) is 0 Å². The summed E-state index contributed by atoms with van der Waals surface area (Å²) in [6, 6.07) is 3.70. The molecule has 7 nitrogen and oxygen atoms in total. The van der Waals surface area contributed by atoms with Gasteiger partial charge >= 0.3 is 11.9 Å². The summed E-state index contributed by atoms with van der Waals surface area (Å²) in [7, 11) is 0. The number of carboxylic acid groups (broad SMARTS) is 2. The van der Waals surface area contributed by atoms with Gasteiger partial charge in [0.05, 0.1) is 11.1 Å². The van der Waals surface area contributed by atoms with E-state index in [4.69, 9.17) is 10.2 Å². The van der Waals surface area contributed by atoms with Gasteiger partial charge in [-0.1, -0.05) is 0 Å². The summed E-state index contributed by atoms with van der Waals surface area (Å²) < 4.78 is 0. The average Bonchev–Trinajstić information content (AvgIpc) is 2.39. The van der Waals surface area contributed by atoms with Crippen molar-refractivity contribution in [3.05, 3.63) is 42.0 Å². The standard InChI is InChI=1S/C11H7N3O4/c15-10(16)7-1-6(2-8(3-7)11(17)18)9-13-4-12-5-14-9/h1-5H,(H,15,16)(H,17,18). The van der Waals surface area contributed by atoms with Crippen molar-refractivity contribution in [2.24, 2.45) is 0 Å². The molecule has 0 aliphatic heterocycles. The number of hydrogen-bond acceptors (Lipinski definition) is 5. The van der Waals surface area contributed by atoms with Crippen LogP contribution >= 0.6 is 0 Å². The molecule has 0 atom stereocenters. The number of aromatic nitrogens is 3. The predicted molar refractivity (Wildman–Crippen MR) is 59.2 cm³/mol. The quantitative estimate of drug-likeness (QED) is 0.826. The van der Waals surface area contributed by atoms with Gasteiger partial charge in [0.15, 0.2) is 5.82 Å². The van der Waals surface area contributed by atoms with Gasteiger partial charge in [0, 0.05) is 5.56 Å². The normalized spacial score (nSPS) is 10.0. The number of hydrogen-bond donors (Lipinski definition) is 2. The minimum Gasteiger partial charge on any atom is -0.478 e. The number of rotatable bonds is 3. The lowest BCUT2D eigenvalue weighted by atomic mass is 10.1. The van der Waals surface area contributed by atoms with Crippen LogP contribution in [0.2, 0.25) is 0 Å². The van der Waals surface area contributed by atoms with Crippen LogP contribution in [0.25, 0.3) is 11.4 Å². The van der Waals surface area contributed by atoms with Gasteiger partial charge in [0.1, 0.15) is 12.7 Å². The predicted octanol–water partition coefficient (Wildman–Crippen LogP) is 0.935. The summed E-state index contributed by atoms with van der Waals surface area (Å²) in [5.41, 5.74) is 0.0466. The molecule has 0 saturated heterocycles. The van der Waals surface area contributed by atoms with Crippen LogP contribution in [0.5, 0.6) is 0 Å². The maximum atomic E-state index is 10.9. The van der Waals surface area contributed by atoms with E-state index in [0.717, 1.165) is 6.07 Å². The first-order valence-corrected chi connectivity index (χ1v) is 4.82. The van der Waals surface area contributed by atoms with Crippen LogP contribution in [0, 0.1) is 0 Å². The molecule has 90 valence electrons. The SMILES string of the molecule is O=C(O)c1cc(C(=O)O)cc(-c2ncncn2)c1. The maximum Gasteiger partial charge on any atom is 0.335 e. The van der Waals surface area contributed by atoms with Gasteiger partial charge in [-0.15, -0.1) is 0 Å². The molecular formula is C11H7N3O4. The molecule has 0 bridgehead atoms. The molecule has 7 heteroatoms. The van der Waals surface area contributed by atoms with Crippen LogP contribution in [0.15, 0.2) is 30.9 Å². The Morgan fingerprint density at radius 2 is 1.39 bits per heavy atom. The molecular weight excluding hydrogens is 238 g/mol. The Morgan fingerprint density at radius 3 is 1.83 bits per heavy atom. The molecule has 0 fully saturated rings. The highest BCUT2D eigenvalue weighted by atomic mass is 16.4. The Balaban J connectivity index is 2.61. The van der Waals surface area contributed by atoms with Crippen LogP contribution in [0.1, 0.15) is 20.7 Å². The zero-order valence-electron chi connectivity index (χ0n) is 8.94. The summed E-state index contributed by atoms with van der Waals surface area (Å²) in [6.07, 6.45) is 2.49. The zero-order valence-corrected chi connectivity index (χ0v) is 8.94. The van der Waals surface area contributed by atoms with Crippen molar-refractivity contribution in [3.63, 3.8) is 0 Å². The van der Waals surface area contributed by atoms with E-state index in [9.17, 15) is 9.59 Å². The molecule has 2 rings (SSSR count). The van der Waals surface area contributed by atoms with Gasteiger partial charge in [0.2, 0.25) is 0 Å². The van der Waals surface area contributed by atoms with E-state index in [1.54, 1.807) is 0 Å². The van der Waals surface area contributed by atoms with Crippen molar-refractivity contribution >= 4 is 11.9 Å². The molecule has 2 aromatic rings. The first-order chi connectivity index (χ1) is 8.58. The number of carboxylic acids is 2. The van der Waals surface area contributed by atoms with Gasteiger partial charge in [-0.05, 0) is 18.2 Å². The van der Waals surface area contributed by atoms with E-state index in [1.807, 2.05) is 0 Å². The summed E-state index contributed by atoms with van der Waals surface area (Å²) in [4.78, 5) is 33.1. The summed E-state index contributed by atoms with van der Waals surface area (Å²) >= 11 is 0. The molecule has 0 aliphatic carbocycles. The third-order valence-electron chi connectivity index (χ3n) is 2.18. The van der Waals surface area contributed by atoms with E-state index in [0.29, 0.717) is 5.56 Å². The zero-order chi connectivity index (χ0) is 13.1. The second-order valence-electron chi connectivity index (χ2n) is 3.37. The maximum absolute atomic E-state index is 10.9. The van der Waals surface area contributed by atoms with Crippen LogP contribution in [-0.2, 0) is 0 Å². The van der Waals surface area contributed by atoms with Gasteiger partial charge in [0.25, 0.3) is 0 Å². The van der Waals surface area contributed by atoms with Crippen LogP contribution in [0.4, 0.5) is 0 Å². The Labute approximate surface area is 101 Å². The van der Waals surface area contributed by atoms with Crippen molar-refractivity contribution in [1.82, 2.24) is 15.0 Å². The highest BCUT2D eigenvalue weighted by Gasteiger charge is 2.13. The van der Waals surface area contributed by atoms with Crippen molar-refractivity contribution in [3.8, 4) is 11.4 Å². The largest absolute Gasteiger partial charge is 0.478 e. The van der Waals surface area contributed by atoms with E-state index in [-0.39, 0.29) is 17.0 Å². The second-order valence-corrected chi connectivity index (χ2v) is 3.37. The van der Waals surface area contributed by atoms with Crippen molar-refractivity contribution in [2.45, 2.75) is 0 Å². The van der Waals surface area contributed by atoms with E-state index >= 15 is 0 Å². The molecule has 0 saturated carbocycles. The first-order valence-electron chi connectivity index (χ1n) is 4.82. The molecule has 0 radical (unpaired) electrons. The molecule has 0 spiro atoms. The molecule has 1 aromatic carbocycles. The molecule has 0 unspecified atom stereocenters. The fraction of sp³-hybridized carbons (Fsp3) is 0. The Hall–Kier alpha value is -2.83. The molecule has 0 amide bonds. The smallest absolute Gasteiger partial charge is 0.335 e.